The summed E-state index contributed by atoms with van der Waals surface area (Å²) in [6, 6.07) is 2.39. The van der Waals surface area contributed by atoms with Crippen LogP contribution in [0.3, 0.4) is 0 Å². The lowest BCUT2D eigenvalue weighted by molar-refractivity contribution is 0.255. The molecule has 7 nitrogen and oxygen atoms in total. The molecule has 0 atom stereocenters. The molecule has 26 heavy (non-hydrogen) atoms. The van der Waals surface area contributed by atoms with Gasteiger partial charge >= 0.3 is 0 Å². The Kier molecular flexibility index (Phi) is 9.38. The zero-order valence-corrected chi connectivity index (χ0v) is 17.8. The van der Waals surface area contributed by atoms with E-state index in [0.29, 0.717) is 12.0 Å². The molecule has 2 aliphatic rings. The molecule has 0 bridgehead atoms. The minimum Gasteiger partial charge on any atom is -0.370 e. The van der Waals surface area contributed by atoms with Crippen LogP contribution in [0.2, 0.25) is 0 Å². The smallest absolute Gasteiger partial charge is 0.225 e. The highest BCUT2D eigenvalue weighted by atomic mass is 127. The van der Waals surface area contributed by atoms with Crippen molar-refractivity contribution in [1.82, 2.24) is 20.2 Å². The number of nitrogens with zero attached hydrogens (tertiary/aromatic N) is 5. The van der Waals surface area contributed by atoms with Gasteiger partial charge in [-0.3, -0.25) is 9.89 Å². The first-order chi connectivity index (χ1) is 12.3. The summed E-state index contributed by atoms with van der Waals surface area (Å²) in [5, 5.41) is 3.37. The van der Waals surface area contributed by atoms with Crippen molar-refractivity contribution in [2.45, 2.75) is 44.6 Å². The number of hydrogen-bond acceptors (Lipinski definition) is 5. The van der Waals surface area contributed by atoms with Gasteiger partial charge in [-0.1, -0.05) is 19.3 Å². The van der Waals surface area contributed by atoms with E-state index in [0.717, 1.165) is 51.6 Å². The van der Waals surface area contributed by atoms with Gasteiger partial charge in [-0.25, -0.2) is 9.97 Å². The first-order valence-electron chi connectivity index (χ1n) is 9.62. The molecule has 0 aromatic carbocycles. The van der Waals surface area contributed by atoms with Crippen molar-refractivity contribution in [3.05, 3.63) is 18.5 Å². The first-order valence-corrected chi connectivity index (χ1v) is 9.62. The van der Waals surface area contributed by atoms with Gasteiger partial charge in [0.2, 0.25) is 5.95 Å². The lowest BCUT2D eigenvalue weighted by Crippen LogP contribution is -2.47. The number of aliphatic imine (C=N–C) groups is 1. The molecule has 1 aromatic rings. The second-order valence-electron chi connectivity index (χ2n) is 6.98. The van der Waals surface area contributed by atoms with Crippen LogP contribution in [0, 0.1) is 0 Å². The lowest BCUT2D eigenvalue weighted by Gasteiger charge is -2.34. The van der Waals surface area contributed by atoms with Crippen LogP contribution in [0.15, 0.2) is 23.5 Å². The van der Waals surface area contributed by atoms with Crippen LogP contribution in [-0.2, 0) is 0 Å². The fourth-order valence-corrected chi connectivity index (χ4v) is 3.62. The van der Waals surface area contributed by atoms with Crippen LogP contribution in [0.4, 0.5) is 5.95 Å². The average Bonchev–Trinajstić information content (AvgIpc) is 2.67. The second kappa shape index (κ2) is 11.5. The number of rotatable bonds is 6. The maximum absolute atomic E-state index is 6.01. The normalized spacial score (nSPS) is 19.8. The van der Waals surface area contributed by atoms with Crippen LogP contribution in [0.25, 0.3) is 0 Å². The van der Waals surface area contributed by atoms with E-state index in [1.54, 1.807) is 12.4 Å². The van der Waals surface area contributed by atoms with E-state index in [2.05, 4.69) is 30.1 Å². The van der Waals surface area contributed by atoms with Gasteiger partial charge in [-0.2, -0.15) is 0 Å². The molecular formula is C18H32IN7. The van der Waals surface area contributed by atoms with Crippen molar-refractivity contribution in [2.24, 2.45) is 10.7 Å². The summed E-state index contributed by atoms with van der Waals surface area (Å²) in [5.74, 6) is 1.46. The fourth-order valence-electron chi connectivity index (χ4n) is 3.62. The molecule has 1 aliphatic heterocycles. The predicted molar refractivity (Wildman–Crippen MR) is 117 cm³/mol. The van der Waals surface area contributed by atoms with Crippen molar-refractivity contribution in [2.75, 3.05) is 44.2 Å². The van der Waals surface area contributed by atoms with Gasteiger partial charge in [-0.15, -0.1) is 24.0 Å². The number of piperazine rings is 1. The fraction of sp³-hybridized carbons (Fsp3) is 0.722. The molecule has 3 rings (SSSR count). The van der Waals surface area contributed by atoms with E-state index in [4.69, 9.17) is 5.73 Å². The Labute approximate surface area is 173 Å². The predicted octanol–water partition coefficient (Wildman–Crippen LogP) is 1.84. The van der Waals surface area contributed by atoms with Crippen molar-refractivity contribution < 1.29 is 0 Å². The van der Waals surface area contributed by atoms with Gasteiger partial charge in [0.1, 0.15) is 0 Å². The lowest BCUT2D eigenvalue weighted by atomic mass is 9.96. The van der Waals surface area contributed by atoms with Crippen molar-refractivity contribution in [3.63, 3.8) is 0 Å². The Morgan fingerprint density at radius 2 is 1.81 bits per heavy atom. The van der Waals surface area contributed by atoms with E-state index in [-0.39, 0.29) is 24.0 Å². The summed E-state index contributed by atoms with van der Waals surface area (Å²) in [6.07, 6.45) is 11.1. The zero-order valence-electron chi connectivity index (χ0n) is 15.5. The summed E-state index contributed by atoms with van der Waals surface area (Å²) < 4.78 is 0. The van der Waals surface area contributed by atoms with Crippen LogP contribution in [0.5, 0.6) is 0 Å². The van der Waals surface area contributed by atoms with Crippen LogP contribution in [-0.4, -0.2) is 66.1 Å². The molecule has 0 radical (unpaired) electrons. The Hall–Kier alpha value is -1.16. The Morgan fingerprint density at radius 3 is 2.50 bits per heavy atom. The summed E-state index contributed by atoms with van der Waals surface area (Å²) >= 11 is 0. The van der Waals surface area contributed by atoms with Gasteiger partial charge in [0, 0.05) is 57.7 Å². The highest BCUT2D eigenvalue weighted by Gasteiger charge is 2.18. The minimum absolute atomic E-state index is 0. The number of anilines is 1. The van der Waals surface area contributed by atoms with Crippen molar-refractivity contribution in [3.8, 4) is 0 Å². The summed E-state index contributed by atoms with van der Waals surface area (Å²) in [5.41, 5.74) is 6.01. The molecule has 1 aliphatic carbocycles. The van der Waals surface area contributed by atoms with Gasteiger partial charge < -0.3 is 16.0 Å². The number of nitrogens with one attached hydrogen (secondary N) is 1. The molecular weight excluding hydrogens is 441 g/mol. The highest BCUT2D eigenvalue weighted by molar-refractivity contribution is 14.0. The molecule has 8 heteroatoms. The summed E-state index contributed by atoms with van der Waals surface area (Å²) in [6.45, 7) is 5.95. The maximum atomic E-state index is 6.01. The largest absolute Gasteiger partial charge is 0.370 e. The summed E-state index contributed by atoms with van der Waals surface area (Å²) in [7, 11) is 0. The van der Waals surface area contributed by atoms with Gasteiger partial charge in [0.25, 0.3) is 0 Å². The molecule has 2 fully saturated rings. The van der Waals surface area contributed by atoms with E-state index in [9.17, 15) is 0 Å². The van der Waals surface area contributed by atoms with Crippen molar-refractivity contribution in [1.29, 1.82) is 0 Å². The maximum Gasteiger partial charge on any atom is 0.225 e. The van der Waals surface area contributed by atoms with E-state index in [1.165, 1.54) is 32.1 Å². The molecule has 1 aromatic heterocycles. The number of halogens is 1. The third-order valence-corrected chi connectivity index (χ3v) is 5.08. The van der Waals surface area contributed by atoms with Crippen LogP contribution < -0.4 is 16.0 Å². The molecule has 2 heterocycles. The molecule has 3 N–H and O–H groups in total. The average molecular weight is 473 g/mol. The monoisotopic (exact) mass is 473 g/mol. The number of nitrogens with two attached hydrogens (primary N) is 1. The number of hydrogen-bond donors (Lipinski definition) is 2. The van der Waals surface area contributed by atoms with Crippen molar-refractivity contribution >= 4 is 35.9 Å². The van der Waals surface area contributed by atoms with E-state index < -0.39 is 0 Å². The van der Waals surface area contributed by atoms with Crippen LogP contribution in [0.1, 0.15) is 38.5 Å². The van der Waals surface area contributed by atoms with Gasteiger partial charge in [0.05, 0.1) is 0 Å². The molecule has 0 amide bonds. The quantitative estimate of drug-likeness (QED) is 0.284. The molecule has 1 saturated carbocycles. The Morgan fingerprint density at radius 1 is 1.12 bits per heavy atom. The van der Waals surface area contributed by atoms with Gasteiger partial charge in [0.15, 0.2) is 5.96 Å². The molecule has 146 valence electrons. The number of guanidine groups is 1. The standard InChI is InChI=1S/C18H31N7.HI/c19-17(23-16-6-2-1-3-7-16)20-10-5-11-24-12-14-25(15-13-24)18-21-8-4-9-22-18;/h4,8-9,16H,1-3,5-7,10-15H2,(H3,19,20,23);1H. The third-order valence-electron chi connectivity index (χ3n) is 5.08. The zero-order chi connectivity index (χ0) is 17.3. The second-order valence-corrected chi connectivity index (χ2v) is 6.98. The third kappa shape index (κ3) is 6.86. The summed E-state index contributed by atoms with van der Waals surface area (Å²) in [4.78, 5) is 17.9. The van der Waals surface area contributed by atoms with E-state index >= 15 is 0 Å². The molecule has 0 unspecified atom stereocenters. The number of aromatic nitrogens is 2. The minimum atomic E-state index is 0. The molecule has 0 spiro atoms. The van der Waals surface area contributed by atoms with E-state index in [1.807, 2.05) is 6.07 Å². The Balaban J connectivity index is 0.00000243. The van der Waals surface area contributed by atoms with Gasteiger partial charge in [-0.05, 0) is 25.3 Å². The first kappa shape index (κ1) is 21.1. The SMILES string of the molecule is I.NC(=NCCCN1CCN(c2ncccn2)CC1)NC1CCCCC1. The highest BCUT2D eigenvalue weighted by Crippen LogP contribution is 2.17. The Bertz CT molecular complexity index is 526. The molecule has 1 saturated heterocycles. The topological polar surface area (TPSA) is 82.7 Å². The van der Waals surface area contributed by atoms with Crippen LogP contribution >= 0.6 is 24.0 Å².